The highest BCUT2D eigenvalue weighted by Crippen LogP contribution is 2.15. The maximum atomic E-state index is 12.5. The van der Waals surface area contributed by atoms with E-state index >= 15 is 0 Å². The average Bonchev–Trinajstić information content (AvgIpc) is 3.20. The number of hydrogen-bond donors (Lipinski definition) is 2. The molecule has 1 heterocycles. The number of hydrogen-bond acceptors (Lipinski definition) is 6. The van der Waals surface area contributed by atoms with Gasteiger partial charge in [0.15, 0.2) is 6.10 Å². The molecular formula is C20H21N3O4S. The van der Waals surface area contributed by atoms with Crippen LogP contribution >= 0.6 is 11.3 Å². The van der Waals surface area contributed by atoms with Gasteiger partial charge in [0.1, 0.15) is 12.1 Å². The Morgan fingerprint density at radius 2 is 1.82 bits per heavy atom. The van der Waals surface area contributed by atoms with E-state index < -0.39 is 24.0 Å². The van der Waals surface area contributed by atoms with Crippen LogP contribution in [-0.2, 0) is 14.3 Å². The van der Waals surface area contributed by atoms with Crippen LogP contribution in [0, 0.1) is 17.2 Å². The molecule has 146 valence electrons. The lowest BCUT2D eigenvalue weighted by Gasteiger charge is -2.22. The van der Waals surface area contributed by atoms with Crippen LogP contribution < -0.4 is 10.6 Å². The second-order valence-electron chi connectivity index (χ2n) is 6.40. The van der Waals surface area contributed by atoms with E-state index in [2.05, 4.69) is 10.6 Å². The topological polar surface area (TPSA) is 108 Å². The minimum Gasteiger partial charge on any atom is -0.451 e. The standard InChI is InChI=1S/C20H21N3O4S/c1-12(2)17(23-19(25)16-9-6-10-28-16)20(26)27-13(3)18(24)22-15-8-5-4-7-14(15)11-21/h4-10,12-13,17H,1-3H3,(H,22,24)(H,23,25)/t13-,17-/m0/s1. The predicted molar refractivity (Wildman–Crippen MR) is 106 cm³/mol. The van der Waals surface area contributed by atoms with Crippen molar-refractivity contribution in [2.75, 3.05) is 5.32 Å². The number of rotatable bonds is 7. The van der Waals surface area contributed by atoms with E-state index in [1.54, 1.807) is 55.6 Å². The molecule has 2 atom stereocenters. The normalized spacial score (nSPS) is 12.5. The molecule has 2 amide bonds. The molecule has 0 aliphatic heterocycles. The Morgan fingerprint density at radius 3 is 2.43 bits per heavy atom. The molecule has 7 nitrogen and oxygen atoms in total. The van der Waals surface area contributed by atoms with Crippen molar-refractivity contribution >= 4 is 34.8 Å². The van der Waals surface area contributed by atoms with Crippen molar-refractivity contribution in [2.24, 2.45) is 5.92 Å². The molecule has 0 unspecified atom stereocenters. The van der Waals surface area contributed by atoms with Crippen molar-refractivity contribution in [3.63, 3.8) is 0 Å². The summed E-state index contributed by atoms with van der Waals surface area (Å²) in [5, 5.41) is 16.1. The number of para-hydroxylation sites is 1. The van der Waals surface area contributed by atoms with Gasteiger partial charge in [0.2, 0.25) is 0 Å². The molecule has 0 spiro atoms. The van der Waals surface area contributed by atoms with Crippen molar-refractivity contribution in [3.05, 3.63) is 52.2 Å². The lowest BCUT2D eigenvalue weighted by Crippen LogP contribution is -2.47. The van der Waals surface area contributed by atoms with Gasteiger partial charge in [-0.05, 0) is 36.4 Å². The fourth-order valence-electron chi connectivity index (χ4n) is 2.34. The van der Waals surface area contributed by atoms with Gasteiger partial charge >= 0.3 is 5.97 Å². The molecule has 0 bridgehead atoms. The average molecular weight is 399 g/mol. The Morgan fingerprint density at radius 1 is 1.11 bits per heavy atom. The Hall–Kier alpha value is -3.18. The van der Waals surface area contributed by atoms with E-state index in [0.717, 1.165) is 0 Å². The van der Waals surface area contributed by atoms with Crippen LogP contribution in [0.1, 0.15) is 36.0 Å². The smallest absolute Gasteiger partial charge is 0.329 e. The number of amides is 2. The van der Waals surface area contributed by atoms with E-state index in [1.807, 2.05) is 6.07 Å². The molecule has 0 saturated carbocycles. The molecule has 0 aliphatic rings. The maximum absolute atomic E-state index is 12.5. The molecule has 0 aliphatic carbocycles. The first-order valence-corrected chi connectivity index (χ1v) is 9.56. The van der Waals surface area contributed by atoms with Crippen LogP contribution in [-0.4, -0.2) is 29.9 Å². The van der Waals surface area contributed by atoms with Gasteiger partial charge in [-0.1, -0.05) is 32.0 Å². The van der Waals surface area contributed by atoms with Crippen molar-refractivity contribution in [1.29, 1.82) is 5.26 Å². The summed E-state index contributed by atoms with van der Waals surface area (Å²) in [5.74, 6) is -1.86. The summed E-state index contributed by atoms with van der Waals surface area (Å²) in [6, 6.07) is 11.0. The monoisotopic (exact) mass is 399 g/mol. The fraction of sp³-hybridized carbons (Fsp3) is 0.300. The number of carbonyl (C=O) groups excluding carboxylic acids is 3. The summed E-state index contributed by atoms with van der Waals surface area (Å²) in [7, 11) is 0. The number of carbonyl (C=O) groups is 3. The lowest BCUT2D eigenvalue weighted by atomic mass is 10.0. The first-order valence-electron chi connectivity index (χ1n) is 8.68. The summed E-state index contributed by atoms with van der Waals surface area (Å²) in [6.45, 7) is 4.98. The van der Waals surface area contributed by atoms with E-state index in [1.165, 1.54) is 18.3 Å². The van der Waals surface area contributed by atoms with Crippen molar-refractivity contribution in [3.8, 4) is 6.07 Å². The third kappa shape index (κ3) is 5.41. The highest BCUT2D eigenvalue weighted by molar-refractivity contribution is 7.12. The second kappa shape index (κ2) is 9.67. The number of ether oxygens (including phenoxy) is 1. The van der Waals surface area contributed by atoms with E-state index in [9.17, 15) is 14.4 Å². The van der Waals surface area contributed by atoms with Crippen LogP contribution in [0.3, 0.4) is 0 Å². The quantitative estimate of drug-likeness (QED) is 0.696. The molecule has 1 aromatic carbocycles. The summed E-state index contributed by atoms with van der Waals surface area (Å²) < 4.78 is 5.25. The zero-order chi connectivity index (χ0) is 20.7. The second-order valence-corrected chi connectivity index (χ2v) is 7.35. The first kappa shape index (κ1) is 21.1. The fourth-order valence-corrected chi connectivity index (χ4v) is 2.97. The minimum absolute atomic E-state index is 0.231. The molecule has 0 fully saturated rings. The van der Waals surface area contributed by atoms with Crippen LogP contribution in [0.4, 0.5) is 5.69 Å². The van der Waals surface area contributed by atoms with Crippen molar-refractivity contribution < 1.29 is 19.1 Å². The molecule has 2 rings (SSSR count). The van der Waals surface area contributed by atoms with E-state index in [-0.39, 0.29) is 11.8 Å². The van der Waals surface area contributed by atoms with Gasteiger partial charge in [0.25, 0.3) is 11.8 Å². The predicted octanol–water partition coefficient (Wildman–Crippen LogP) is 2.94. The number of nitrogens with one attached hydrogen (secondary N) is 2. The molecule has 28 heavy (non-hydrogen) atoms. The molecule has 1 aromatic heterocycles. The van der Waals surface area contributed by atoms with Crippen LogP contribution in [0.2, 0.25) is 0 Å². The van der Waals surface area contributed by atoms with Crippen LogP contribution in [0.15, 0.2) is 41.8 Å². The van der Waals surface area contributed by atoms with Crippen molar-refractivity contribution in [2.45, 2.75) is 32.9 Å². The lowest BCUT2D eigenvalue weighted by molar-refractivity contribution is -0.156. The van der Waals surface area contributed by atoms with Crippen LogP contribution in [0.25, 0.3) is 0 Å². The summed E-state index contributed by atoms with van der Waals surface area (Å²) in [4.78, 5) is 37.6. The van der Waals surface area contributed by atoms with Gasteiger partial charge in [0.05, 0.1) is 16.1 Å². The van der Waals surface area contributed by atoms with Gasteiger partial charge in [-0.15, -0.1) is 11.3 Å². The van der Waals surface area contributed by atoms with Gasteiger partial charge in [-0.2, -0.15) is 5.26 Å². The Labute approximate surface area is 167 Å². The number of thiophene rings is 1. The minimum atomic E-state index is -1.10. The summed E-state index contributed by atoms with van der Waals surface area (Å²) in [5.41, 5.74) is 0.641. The van der Waals surface area contributed by atoms with Gasteiger partial charge in [-0.3, -0.25) is 9.59 Å². The van der Waals surface area contributed by atoms with Gasteiger partial charge < -0.3 is 15.4 Å². The maximum Gasteiger partial charge on any atom is 0.329 e. The van der Waals surface area contributed by atoms with E-state index in [0.29, 0.717) is 16.1 Å². The zero-order valence-corrected chi connectivity index (χ0v) is 16.6. The zero-order valence-electron chi connectivity index (χ0n) is 15.8. The Kier molecular flexibility index (Phi) is 7.29. The Bertz CT molecular complexity index is 887. The molecule has 2 aromatic rings. The number of nitrogens with zero attached hydrogens (tertiary/aromatic N) is 1. The number of nitriles is 1. The third-order valence-corrected chi connectivity index (χ3v) is 4.79. The number of anilines is 1. The van der Waals surface area contributed by atoms with E-state index in [4.69, 9.17) is 10.00 Å². The summed E-state index contributed by atoms with van der Waals surface area (Å²) in [6.07, 6.45) is -1.10. The highest BCUT2D eigenvalue weighted by atomic mass is 32.1. The summed E-state index contributed by atoms with van der Waals surface area (Å²) >= 11 is 1.27. The first-order chi connectivity index (χ1) is 13.3. The number of esters is 1. The van der Waals surface area contributed by atoms with Gasteiger partial charge in [0, 0.05) is 0 Å². The molecule has 8 heteroatoms. The highest BCUT2D eigenvalue weighted by Gasteiger charge is 2.29. The molecule has 0 saturated heterocycles. The van der Waals surface area contributed by atoms with Gasteiger partial charge in [-0.25, -0.2) is 4.79 Å². The molecule has 2 N–H and O–H groups in total. The number of benzene rings is 1. The molecule has 0 radical (unpaired) electrons. The van der Waals surface area contributed by atoms with Crippen molar-refractivity contribution in [1.82, 2.24) is 5.32 Å². The Balaban J connectivity index is 2.00. The SMILES string of the molecule is CC(C)[C@H](NC(=O)c1cccs1)C(=O)O[C@@H](C)C(=O)Nc1ccccc1C#N. The molecular weight excluding hydrogens is 378 g/mol. The third-order valence-electron chi connectivity index (χ3n) is 3.92. The largest absolute Gasteiger partial charge is 0.451 e. The van der Waals surface area contributed by atoms with Crippen LogP contribution in [0.5, 0.6) is 0 Å².